The summed E-state index contributed by atoms with van der Waals surface area (Å²) in [6.45, 7) is 0. The van der Waals surface area contributed by atoms with Gasteiger partial charge in [0.15, 0.2) is 11.6 Å². The standard InChI is InChI=1S/C21H17F2N5O2/c1-28-11-14(10-25-28)20(12-4-6-18(30-2)15(22)7-12)27-21(29)16-5-3-13-9-24-19(23)8-17(13)26-16/h3-11,20H,1-2H3,(H,27,29)/t20-/m0/s1. The number of ether oxygens (including phenoxy) is 1. The molecule has 1 atom stereocenters. The number of halogens is 2. The van der Waals surface area contributed by atoms with Gasteiger partial charge in [0.25, 0.3) is 5.91 Å². The summed E-state index contributed by atoms with van der Waals surface area (Å²) in [4.78, 5) is 20.7. The predicted octanol–water partition coefficient (Wildman–Crippen LogP) is 3.17. The summed E-state index contributed by atoms with van der Waals surface area (Å²) in [7, 11) is 3.12. The first kappa shape index (κ1) is 19.4. The fourth-order valence-corrected chi connectivity index (χ4v) is 3.13. The van der Waals surface area contributed by atoms with Gasteiger partial charge in [-0.15, -0.1) is 0 Å². The number of nitrogens with zero attached hydrogens (tertiary/aromatic N) is 4. The van der Waals surface area contributed by atoms with E-state index in [0.29, 0.717) is 22.0 Å². The third-order valence-electron chi connectivity index (χ3n) is 4.62. The number of fused-ring (bicyclic) bond motifs is 1. The minimum atomic E-state index is -0.686. The molecule has 0 aliphatic carbocycles. The first-order valence-corrected chi connectivity index (χ1v) is 9.00. The number of pyridine rings is 2. The van der Waals surface area contributed by atoms with Crippen LogP contribution >= 0.6 is 0 Å². The topological polar surface area (TPSA) is 81.9 Å². The molecule has 0 bridgehead atoms. The second kappa shape index (κ2) is 7.86. The highest BCUT2D eigenvalue weighted by atomic mass is 19.1. The first-order valence-electron chi connectivity index (χ1n) is 9.00. The molecular formula is C21H17F2N5O2. The summed E-state index contributed by atoms with van der Waals surface area (Å²) >= 11 is 0. The third-order valence-corrected chi connectivity index (χ3v) is 4.62. The van der Waals surface area contributed by atoms with Crippen molar-refractivity contribution in [2.24, 2.45) is 7.05 Å². The molecule has 0 saturated heterocycles. The Balaban J connectivity index is 1.69. The molecule has 1 aromatic carbocycles. The Morgan fingerprint density at radius 1 is 1.13 bits per heavy atom. The van der Waals surface area contributed by atoms with Crippen LogP contribution in [0.2, 0.25) is 0 Å². The van der Waals surface area contributed by atoms with Gasteiger partial charge in [-0.25, -0.2) is 14.4 Å². The number of hydrogen-bond acceptors (Lipinski definition) is 5. The number of benzene rings is 1. The number of aromatic nitrogens is 4. The quantitative estimate of drug-likeness (QED) is 0.512. The van der Waals surface area contributed by atoms with E-state index in [1.54, 1.807) is 36.3 Å². The van der Waals surface area contributed by atoms with Gasteiger partial charge in [-0.05, 0) is 29.8 Å². The lowest BCUT2D eigenvalue weighted by atomic mass is 10.0. The van der Waals surface area contributed by atoms with Crippen LogP contribution in [0.1, 0.15) is 27.7 Å². The van der Waals surface area contributed by atoms with Crippen LogP contribution in [0.15, 0.2) is 55.0 Å². The Morgan fingerprint density at radius 3 is 2.67 bits per heavy atom. The van der Waals surface area contributed by atoms with E-state index >= 15 is 0 Å². The molecule has 0 aliphatic heterocycles. The lowest BCUT2D eigenvalue weighted by Crippen LogP contribution is -2.30. The molecule has 152 valence electrons. The zero-order valence-electron chi connectivity index (χ0n) is 16.1. The molecule has 0 spiro atoms. The Kier molecular flexibility index (Phi) is 5.09. The molecule has 0 fully saturated rings. The number of nitrogens with one attached hydrogen (secondary N) is 1. The molecule has 30 heavy (non-hydrogen) atoms. The monoisotopic (exact) mass is 409 g/mol. The molecule has 1 amide bonds. The van der Waals surface area contributed by atoms with Crippen LogP contribution in [-0.4, -0.2) is 32.8 Å². The van der Waals surface area contributed by atoms with Crippen molar-refractivity contribution in [1.29, 1.82) is 0 Å². The lowest BCUT2D eigenvalue weighted by molar-refractivity contribution is 0.0938. The molecule has 0 aliphatic rings. The normalized spacial score (nSPS) is 12.0. The van der Waals surface area contributed by atoms with Crippen molar-refractivity contribution in [3.05, 3.63) is 83.6 Å². The second-order valence-electron chi connectivity index (χ2n) is 6.64. The van der Waals surface area contributed by atoms with Crippen LogP contribution in [0, 0.1) is 11.8 Å². The lowest BCUT2D eigenvalue weighted by Gasteiger charge is -2.18. The average Bonchev–Trinajstić information content (AvgIpc) is 3.17. The molecule has 4 aromatic rings. The van der Waals surface area contributed by atoms with E-state index in [0.717, 1.165) is 6.07 Å². The highest BCUT2D eigenvalue weighted by Gasteiger charge is 2.21. The van der Waals surface area contributed by atoms with E-state index in [1.807, 2.05) is 0 Å². The minimum Gasteiger partial charge on any atom is -0.494 e. The largest absolute Gasteiger partial charge is 0.494 e. The third kappa shape index (κ3) is 3.82. The van der Waals surface area contributed by atoms with Gasteiger partial charge in [0.2, 0.25) is 5.95 Å². The minimum absolute atomic E-state index is 0.0935. The van der Waals surface area contributed by atoms with Gasteiger partial charge in [-0.3, -0.25) is 9.48 Å². The highest BCUT2D eigenvalue weighted by Crippen LogP contribution is 2.27. The molecule has 0 unspecified atom stereocenters. The number of amides is 1. The number of hydrogen-bond donors (Lipinski definition) is 1. The molecule has 0 saturated carbocycles. The van der Waals surface area contributed by atoms with Gasteiger partial charge in [0.1, 0.15) is 5.69 Å². The summed E-state index contributed by atoms with van der Waals surface area (Å²) in [5.74, 6) is -1.64. The Hall–Kier alpha value is -3.88. The van der Waals surface area contributed by atoms with Crippen LogP contribution in [0.4, 0.5) is 8.78 Å². The second-order valence-corrected chi connectivity index (χ2v) is 6.64. The van der Waals surface area contributed by atoms with Crippen molar-refractivity contribution in [2.45, 2.75) is 6.04 Å². The van der Waals surface area contributed by atoms with Crippen LogP contribution in [0.5, 0.6) is 5.75 Å². The van der Waals surface area contributed by atoms with Gasteiger partial charge in [-0.1, -0.05) is 6.07 Å². The zero-order chi connectivity index (χ0) is 21.3. The Bertz CT molecular complexity index is 1240. The average molecular weight is 409 g/mol. The molecule has 9 heteroatoms. The Labute approximate surface area is 170 Å². The van der Waals surface area contributed by atoms with Crippen molar-refractivity contribution in [1.82, 2.24) is 25.1 Å². The smallest absolute Gasteiger partial charge is 0.270 e. The first-order chi connectivity index (χ1) is 14.4. The van der Waals surface area contributed by atoms with E-state index in [-0.39, 0.29) is 11.4 Å². The number of carbonyl (C=O) groups excluding carboxylic acids is 1. The van der Waals surface area contributed by atoms with Crippen molar-refractivity contribution < 1.29 is 18.3 Å². The van der Waals surface area contributed by atoms with Gasteiger partial charge < -0.3 is 10.1 Å². The van der Waals surface area contributed by atoms with Crippen molar-refractivity contribution in [3.8, 4) is 5.75 Å². The van der Waals surface area contributed by atoms with Crippen LogP contribution in [0.25, 0.3) is 10.9 Å². The maximum absolute atomic E-state index is 14.3. The maximum atomic E-state index is 14.3. The van der Waals surface area contributed by atoms with E-state index in [4.69, 9.17) is 4.74 Å². The SMILES string of the molecule is COc1ccc([C@H](NC(=O)c2ccc3cnc(F)cc3n2)c2cnn(C)c2)cc1F. The summed E-state index contributed by atoms with van der Waals surface area (Å²) in [6, 6.07) is 8.08. The zero-order valence-corrected chi connectivity index (χ0v) is 16.1. The number of carbonyl (C=O) groups is 1. The fraction of sp³-hybridized carbons (Fsp3) is 0.143. The van der Waals surface area contributed by atoms with Crippen molar-refractivity contribution in [3.63, 3.8) is 0 Å². The molecule has 7 nitrogen and oxygen atoms in total. The van der Waals surface area contributed by atoms with E-state index in [2.05, 4.69) is 20.4 Å². The summed E-state index contributed by atoms with van der Waals surface area (Å²) in [6.07, 6.45) is 4.65. The molecule has 0 radical (unpaired) electrons. The molecule has 4 rings (SSSR count). The highest BCUT2D eigenvalue weighted by molar-refractivity contribution is 5.95. The van der Waals surface area contributed by atoms with Gasteiger partial charge in [0.05, 0.1) is 24.9 Å². The maximum Gasteiger partial charge on any atom is 0.270 e. The molecule has 1 N–H and O–H groups in total. The number of methoxy groups -OCH3 is 1. The van der Waals surface area contributed by atoms with Crippen LogP contribution in [0.3, 0.4) is 0 Å². The van der Waals surface area contributed by atoms with E-state index in [9.17, 15) is 13.6 Å². The summed E-state index contributed by atoms with van der Waals surface area (Å²) in [5.41, 5.74) is 1.57. The van der Waals surface area contributed by atoms with E-state index < -0.39 is 23.7 Å². The molecule has 3 heterocycles. The predicted molar refractivity (Wildman–Crippen MR) is 105 cm³/mol. The number of aryl methyl sites for hydroxylation is 1. The fourth-order valence-electron chi connectivity index (χ4n) is 3.13. The van der Waals surface area contributed by atoms with E-state index in [1.165, 1.54) is 31.5 Å². The molecular weight excluding hydrogens is 392 g/mol. The van der Waals surface area contributed by atoms with Gasteiger partial charge in [0, 0.05) is 36.5 Å². The molecule has 3 aromatic heterocycles. The number of rotatable bonds is 5. The van der Waals surface area contributed by atoms with Crippen molar-refractivity contribution >= 4 is 16.8 Å². The summed E-state index contributed by atoms with van der Waals surface area (Å²) < 4.78 is 34.3. The van der Waals surface area contributed by atoms with Gasteiger partial charge in [-0.2, -0.15) is 9.49 Å². The van der Waals surface area contributed by atoms with Crippen molar-refractivity contribution in [2.75, 3.05) is 7.11 Å². The van der Waals surface area contributed by atoms with Gasteiger partial charge >= 0.3 is 0 Å². The Morgan fingerprint density at radius 2 is 1.97 bits per heavy atom. The van der Waals surface area contributed by atoms with Crippen LogP contribution < -0.4 is 10.1 Å². The van der Waals surface area contributed by atoms with Crippen LogP contribution in [-0.2, 0) is 7.05 Å². The summed E-state index contributed by atoms with van der Waals surface area (Å²) in [5, 5.41) is 7.59.